The van der Waals surface area contributed by atoms with Gasteiger partial charge in [0.15, 0.2) is 0 Å². The molecule has 0 aliphatic carbocycles. The number of thiazole rings is 1. The van der Waals surface area contributed by atoms with Gasteiger partial charge in [-0.2, -0.15) is 13.2 Å². The molecule has 0 saturated heterocycles. The fourth-order valence-corrected chi connectivity index (χ4v) is 2.40. The average molecular weight is 247 g/mol. The summed E-state index contributed by atoms with van der Waals surface area (Å²) in [6, 6.07) is 3.66. The van der Waals surface area contributed by atoms with Gasteiger partial charge in [0.1, 0.15) is 0 Å². The Morgan fingerprint density at radius 3 is 2.69 bits per heavy atom. The molecule has 0 atom stereocenters. The van der Waals surface area contributed by atoms with E-state index < -0.39 is 11.7 Å². The van der Waals surface area contributed by atoms with Gasteiger partial charge in [-0.05, 0) is 18.2 Å². The fourth-order valence-electron chi connectivity index (χ4n) is 1.41. The van der Waals surface area contributed by atoms with E-state index in [1.165, 1.54) is 17.4 Å². The molecular weight excluding hydrogens is 237 g/mol. The van der Waals surface area contributed by atoms with Crippen LogP contribution in [0.4, 0.5) is 13.2 Å². The van der Waals surface area contributed by atoms with Gasteiger partial charge in [0, 0.05) is 6.42 Å². The first-order valence-corrected chi connectivity index (χ1v) is 5.58. The van der Waals surface area contributed by atoms with E-state index in [9.17, 15) is 13.2 Å². The van der Waals surface area contributed by atoms with Crippen molar-refractivity contribution in [2.45, 2.75) is 12.6 Å². The maximum Gasteiger partial charge on any atom is 0.416 e. The summed E-state index contributed by atoms with van der Waals surface area (Å²) < 4.78 is 38.1. The molecule has 86 valence electrons. The SMILES string of the molecule is [NH3+]CCc1nc2cc(C(F)(F)F)ccc2s1. The molecule has 2 rings (SSSR count). The minimum absolute atomic E-state index is 0.420. The second-order valence-electron chi connectivity index (χ2n) is 3.39. The Labute approximate surface area is 93.9 Å². The van der Waals surface area contributed by atoms with Crippen LogP contribution in [0.1, 0.15) is 10.6 Å². The summed E-state index contributed by atoms with van der Waals surface area (Å²) in [5.74, 6) is 0. The summed E-state index contributed by atoms with van der Waals surface area (Å²) in [5.41, 5.74) is 3.47. The second kappa shape index (κ2) is 4.03. The van der Waals surface area contributed by atoms with Gasteiger partial charge in [-0.1, -0.05) is 0 Å². The Hall–Kier alpha value is -1.14. The Kier molecular flexibility index (Phi) is 2.86. The van der Waals surface area contributed by atoms with Crippen molar-refractivity contribution in [3.8, 4) is 0 Å². The van der Waals surface area contributed by atoms with E-state index in [-0.39, 0.29) is 0 Å². The number of aromatic nitrogens is 1. The number of alkyl halides is 3. The number of nitrogens with zero attached hydrogens (tertiary/aromatic N) is 1. The van der Waals surface area contributed by atoms with Crippen molar-refractivity contribution in [3.05, 3.63) is 28.8 Å². The lowest BCUT2D eigenvalue weighted by Gasteiger charge is -2.04. The summed E-state index contributed by atoms with van der Waals surface area (Å²) >= 11 is 1.42. The lowest BCUT2D eigenvalue weighted by Crippen LogP contribution is -2.51. The second-order valence-corrected chi connectivity index (χ2v) is 4.51. The minimum atomic E-state index is -4.30. The zero-order valence-corrected chi connectivity index (χ0v) is 9.16. The summed E-state index contributed by atoms with van der Waals surface area (Å²) in [6.07, 6.45) is -3.59. The molecule has 1 heterocycles. The van der Waals surface area contributed by atoms with E-state index in [1.54, 1.807) is 0 Å². The quantitative estimate of drug-likeness (QED) is 0.867. The van der Waals surface area contributed by atoms with Gasteiger partial charge in [0.2, 0.25) is 0 Å². The maximum absolute atomic E-state index is 12.4. The molecule has 0 unspecified atom stereocenters. The third kappa shape index (κ3) is 2.17. The average Bonchev–Trinajstić information content (AvgIpc) is 2.57. The highest BCUT2D eigenvalue weighted by Gasteiger charge is 2.30. The first-order valence-electron chi connectivity index (χ1n) is 4.76. The van der Waals surface area contributed by atoms with E-state index in [2.05, 4.69) is 10.7 Å². The van der Waals surface area contributed by atoms with Crippen molar-refractivity contribution in [2.24, 2.45) is 0 Å². The molecule has 0 spiro atoms. The maximum atomic E-state index is 12.4. The zero-order chi connectivity index (χ0) is 11.8. The third-order valence-corrected chi connectivity index (χ3v) is 3.25. The van der Waals surface area contributed by atoms with E-state index >= 15 is 0 Å². The zero-order valence-electron chi connectivity index (χ0n) is 8.34. The lowest BCUT2D eigenvalue weighted by molar-refractivity contribution is -0.366. The molecule has 3 N–H and O–H groups in total. The third-order valence-electron chi connectivity index (χ3n) is 2.15. The van der Waals surface area contributed by atoms with E-state index in [4.69, 9.17) is 0 Å². The number of benzene rings is 1. The Morgan fingerprint density at radius 2 is 2.06 bits per heavy atom. The van der Waals surface area contributed by atoms with Crippen LogP contribution in [-0.4, -0.2) is 11.5 Å². The first-order chi connectivity index (χ1) is 7.50. The van der Waals surface area contributed by atoms with Gasteiger partial charge >= 0.3 is 6.18 Å². The number of halogens is 3. The van der Waals surface area contributed by atoms with E-state index in [0.717, 1.165) is 21.8 Å². The van der Waals surface area contributed by atoms with Gasteiger partial charge in [-0.25, -0.2) is 4.98 Å². The number of hydrogen-bond donors (Lipinski definition) is 1. The van der Waals surface area contributed by atoms with Gasteiger partial charge < -0.3 is 5.73 Å². The molecule has 0 aliphatic heterocycles. The molecule has 0 bridgehead atoms. The summed E-state index contributed by atoms with van der Waals surface area (Å²) in [5, 5.41) is 0.837. The van der Waals surface area contributed by atoms with Gasteiger partial charge in [-0.3, -0.25) is 0 Å². The molecule has 0 aliphatic rings. The Bertz CT molecular complexity index is 504. The number of fused-ring (bicyclic) bond motifs is 1. The molecule has 0 fully saturated rings. The minimum Gasteiger partial charge on any atom is -0.357 e. The number of rotatable bonds is 2. The monoisotopic (exact) mass is 247 g/mol. The summed E-state index contributed by atoms with van der Waals surface area (Å²) in [4.78, 5) is 4.16. The van der Waals surface area contributed by atoms with Crippen LogP contribution in [0.2, 0.25) is 0 Å². The predicted octanol–water partition coefficient (Wildman–Crippen LogP) is 2.10. The van der Waals surface area contributed by atoms with Crippen LogP contribution in [0.25, 0.3) is 10.2 Å². The van der Waals surface area contributed by atoms with Crippen LogP contribution >= 0.6 is 11.3 Å². The van der Waals surface area contributed by atoms with Crippen LogP contribution in [0.3, 0.4) is 0 Å². The van der Waals surface area contributed by atoms with E-state index in [1.807, 2.05) is 0 Å². The molecule has 1 aromatic heterocycles. The molecule has 0 amide bonds. The van der Waals surface area contributed by atoms with Crippen molar-refractivity contribution < 1.29 is 18.9 Å². The number of hydrogen-bond acceptors (Lipinski definition) is 2. The molecule has 0 radical (unpaired) electrons. The normalized spacial score (nSPS) is 12.2. The standard InChI is InChI=1S/C10H9F3N2S/c11-10(12,13)6-1-2-8-7(5-6)15-9(16-8)3-4-14/h1-2,5H,3-4,14H2/p+1. The van der Waals surface area contributed by atoms with Crippen LogP contribution in [0.5, 0.6) is 0 Å². The van der Waals surface area contributed by atoms with Crippen LogP contribution in [0, 0.1) is 0 Å². The van der Waals surface area contributed by atoms with Crippen molar-refractivity contribution >= 4 is 21.6 Å². The molecule has 0 saturated carbocycles. The van der Waals surface area contributed by atoms with Gasteiger partial charge in [-0.15, -0.1) is 11.3 Å². The van der Waals surface area contributed by atoms with Crippen LogP contribution in [0.15, 0.2) is 18.2 Å². The Balaban J connectivity index is 2.46. The molecule has 1 aromatic carbocycles. The fraction of sp³-hybridized carbons (Fsp3) is 0.300. The largest absolute Gasteiger partial charge is 0.416 e. The van der Waals surface area contributed by atoms with Crippen molar-refractivity contribution in [1.29, 1.82) is 0 Å². The highest BCUT2D eigenvalue weighted by atomic mass is 32.1. The molecule has 2 nitrogen and oxygen atoms in total. The summed E-state index contributed by atoms with van der Waals surface area (Å²) in [7, 11) is 0. The van der Waals surface area contributed by atoms with Crippen LogP contribution < -0.4 is 5.73 Å². The predicted molar refractivity (Wildman–Crippen MR) is 56.1 cm³/mol. The van der Waals surface area contributed by atoms with Crippen molar-refractivity contribution in [1.82, 2.24) is 4.98 Å². The van der Waals surface area contributed by atoms with Gasteiger partial charge in [0.05, 0.1) is 27.3 Å². The van der Waals surface area contributed by atoms with Crippen LogP contribution in [-0.2, 0) is 12.6 Å². The molecule has 16 heavy (non-hydrogen) atoms. The number of quaternary nitrogens is 1. The highest BCUT2D eigenvalue weighted by molar-refractivity contribution is 7.18. The lowest BCUT2D eigenvalue weighted by atomic mass is 10.2. The first kappa shape index (κ1) is 11.3. The van der Waals surface area contributed by atoms with Gasteiger partial charge in [0.25, 0.3) is 0 Å². The topological polar surface area (TPSA) is 40.5 Å². The summed E-state index contributed by atoms with van der Waals surface area (Å²) in [6.45, 7) is 0.700. The van der Waals surface area contributed by atoms with Crippen molar-refractivity contribution in [3.63, 3.8) is 0 Å². The highest BCUT2D eigenvalue weighted by Crippen LogP contribution is 2.32. The van der Waals surface area contributed by atoms with Crippen molar-refractivity contribution in [2.75, 3.05) is 6.54 Å². The Morgan fingerprint density at radius 1 is 1.31 bits per heavy atom. The smallest absolute Gasteiger partial charge is 0.357 e. The molecule has 6 heteroatoms. The molecular formula is C10H10F3N2S+. The van der Waals surface area contributed by atoms with E-state index in [0.29, 0.717) is 18.5 Å². The molecule has 2 aromatic rings.